The van der Waals surface area contributed by atoms with Crippen molar-refractivity contribution in [2.45, 2.75) is 6.18 Å². The van der Waals surface area contributed by atoms with Crippen molar-refractivity contribution in [2.24, 2.45) is 0 Å². The minimum atomic E-state index is -4.58. The summed E-state index contributed by atoms with van der Waals surface area (Å²) in [6, 6.07) is -0.0672. The van der Waals surface area contributed by atoms with Crippen molar-refractivity contribution in [3.05, 3.63) is 29.3 Å². The molecule has 1 aromatic carbocycles. The van der Waals surface area contributed by atoms with Crippen molar-refractivity contribution in [3.8, 4) is 0 Å². The SMILES string of the molecule is O=C(CNCC(F)(F)F)Nc1c(F)c(F)cc(F)c1F. The normalized spacial score (nSPS) is 11.6. The number of carbonyl (C=O) groups excluding carboxylic acids is 1. The fourth-order valence-corrected chi connectivity index (χ4v) is 1.18. The molecule has 0 spiro atoms. The van der Waals surface area contributed by atoms with Gasteiger partial charge in [0.1, 0.15) is 5.69 Å². The third-order valence-electron chi connectivity index (χ3n) is 1.99. The van der Waals surface area contributed by atoms with Crippen LogP contribution in [0.2, 0.25) is 0 Å². The molecule has 1 amide bonds. The van der Waals surface area contributed by atoms with E-state index in [4.69, 9.17) is 0 Å². The molecule has 3 nitrogen and oxygen atoms in total. The van der Waals surface area contributed by atoms with E-state index in [1.807, 2.05) is 0 Å². The maximum Gasteiger partial charge on any atom is 0.401 e. The van der Waals surface area contributed by atoms with Crippen LogP contribution in [-0.4, -0.2) is 25.2 Å². The summed E-state index contributed by atoms with van der Waals surface area (Å²) < 4.78 is 87.1. The van der Waals surface area contributed by atoms with Crippen molar-refractivity contribution in [1.82, 2.24) is 5.32 Å². The van der Waals surface area contributed by atoms with Gasteiger partial charge in [-0.3, -0.25) is 4.79 Å². The Morgan fingerprint density at radius 1 is 1.05 bits per heavy atom. The second-order valence-electron chi connectivity index (χ2n) is 3.61. The highest BCUT2D eigenvalue weighted by Crippen LogP contribution is 2.23. The summed E-state index contributed by atoms with van der Waals surface area (Å²) in [4.78, 5) is 11.1. The molecule has 1 aromatic rings. The van der Waals surface area contributed by atoms with Gasteiger partial charge >= 0.3 is 6.18 Å². The van der Waals surface area contributed by atoms with Crippen molar-refractivity contribution < 1.29 is 35.5 Å². The lowest BCUT2D eigenvalue weighted by atomic mass is 10.2. The Labute approximate surface area is 107 Å². The number of amides is 1. The highest BCUT2D eigenvalue weighted by atomic mass is 19.4. The van der Waals surface area contributed by atoms with Gasteiger partial charge in [0.05, 0.1) is 13.1 Å². The van der Waals surface area contributed by atoms with Gasteiger partial charge in [-0.15, -0.1) is 0 Å². The Morgan fingerprint density at radius 3 is 2.00 bits per heavy atom. The molecule has 20 heavy (non-hydrogen) atoms. The maximum atomic E-state index is 13.1. The first kappa shape index (κ1) is 16.2. The predicted molar refractivity (Wildman–Crippen MR) is 53.8 cm³/mol. The lowest BCUT2D eigenvalue weighted by Crippen LogP contribution is -2.35. The molecule has 0 unspecified atom stereocenters. The van der Waals surface area contributed by atoms with Crippen molar-refractivity contribution in [2.75, 3.05) is 18.4 Å². The number of alkyl halides is 3. The number of hydrogen-bond donors (Lipinski definition) is 2. The average Bonchev–Trinajstić information content (AvgIpc) is 2.30. The average molecular weight is 304 g/mol. The second kappa shape index (κ2) is 6.07. The molecule has 0 atom stereocenters. The van der Waals surface area contributed by atoms with Gasteiger partial charge in [-0.2, -0.15) is 13.2 Å². The van der Waals surface area contributed by atoms with Crippen LogP contribution in [0.5, 0.6) is 0 Å². The molecule has 112 valence electrons. The van der Waals surface area contributed by atoms with Crippen LogP contribution in [0.1, 0.15) is 0 Å². The smallest absolute Gasteiger partial charge is 0.320 e. The highest BCUT2D eigenvalue weighted by Gasteiger charge is 2.27. The zero-order chi connectivity index (χ0) is 15.5. The zero-order valence-electron chi connectivity index (χ0n) is 9.55. The number of anilines is 1. The molecule has 10 heteroatoms. The number of hydrogen-bond acceptors (Lipinski definition) is 2. The topological polar surface area (TPSA) is 41.1 Å². The van der Waals surface area contributed by atoms with Gasteiger partial charge in [-0.1, -0.05) is 0 Å². The molecule has 0 aliphatic rings. The highest BCUT2D eigenvalue weighted by molar-refractivity contribution is 5.92. The summed E-state index contributed by atoms with van der Waals surface area (Å²) in [7, 11) is 0. The second-order valence-corrected chi connectivity index (χ2v) is 3.61. The van der Waals surface area contributed by atoms with Gasteiger partial charge in [-0.05, 0) is 0 Å². The Balaban J connectivity index is 2.72. The number of carbonyl (C=O) groups is 1. The fraction of sp³-hybridized carbons (Fsp3) is 0.300. The van der Waals surface area contributed by atoms with Crippen LogP contribution in [0.15, 0.2) is 6.07 Å². The van der Waals surface area contributed by atoms with E-state index in [0.717, 1.165) is 0 Å². The van der Waals surface area contributed by atoms with Crippen LogP contribution in [0.4, 0.5) is 36.4 Å². The number of halogens is 7. The molecule has 1 rings (SSSR count). The molecule has 2 N–H and O–H groups in total. The summed E-state index contributed by atoms with van der Waals surface area (Å²) in [6.07, 6.45) is -4.58. The number of benzene rings is 1. The summed E-state index contributed by atoms with van der Waals surface area (Å²) >= 11 is 0. The van der Waals surface area contributed by atoms with E-state index in [0.29, 0.717) is 0 Å². The molecule has 0 radical (unpaired) electrons. The van der Waals surface area contributed by atoms with Crippen LogP contribution in [-0.2, 0) is 4.79 Å². The lowest BCUT2D eigenvalue weighted by Gasteiger charge is -2.10. The first-order valence-electron chi connectivity index (χ1n) is 5.02. The Morgan fingerprint density at radius 2 is 1.55 bits per heavy atom. The minimum Gasteiger partial charge on any atom is -0.320 e. The van der Waals surface area contributed by atoms with E-state index in [2.05, 4.69) is 0 Å². The number of rotatable bonds is 4. The van der Waals surface area contributed by atoms with Gasteiger partial charge in [0, 0.05) is 6.07 Å². The summed E-state index contributed by atoms with van der Waals surface area (Å²) in [5.41, 5.74) is -1.40. The van der Waals surface area contributed by atoms with E-state index in [1.54, 1.807) is 5.32 Å². The standard InChI is InChI=1S/C10H7F7N2O/c11-4-1-5(12)8(14)9(7(4)13)19-6(20)2-18-3-10(15,16)17/h1,18H,2-3H2,(H,19,20). The quantitative estimate of drug-likeness (QED) is 0.662. The maximum absolute atomic E-state index is 13.1. The van der Waals surface area contributed by atoms with Gasteiger partial charge in [0.2, 0.25) is 5.91 Å². The van der Waals surface area contributed by atoms with Crippen LogP contribution in [0, 0.1) is 23.3 Å². The molecule has 0 aromatic heterocycles. The first-order chi connectivity index (χ1) is 9.11. The van der Waals surface area contributed by atoms with Crippen LogP contribution in [0.3, 0.4) is 0 Å². The molecular formula is C10H7F7N2O. The minimum absolute atomic E-state index is 0.0672. The molecule has 0 aliphatic carbocycles. The first-order valence-corrected chi connectivity index (χ1v) is 5.02. The number of nitrogens with one attached hydrogen (secondary N) is 2. The molecular weight excluding hydrogens is 297 g/mol. The van der Waals surface area contributed by atoms with Crippen LogP contribution >= 0.6 is 0 Å². The van der Waals surface area contributed by atoms with Crippen molar-refractivity contribution >= 4 is 11.6 Å². The molecule has 0 fully saturated rings. The third kappa shape index (κ3) is 4.37. The largest absolute Gasteiger partial charge is 0.401 e. The van der Waals surface area contributed by atoms with Crippen molar-refractivity contribution in [3.63, 3.8) is 0 Å². The Bertz CT molecular complexity index is 489. The van der Waals surface area contributed by atoms with Gasteiger partial charge in [-0.25, -0.2) is 17.6 Å². The summed E-state index contributed by atoms with van der Waals surface area (Å²) in [5.74, 6) is -8.50. The molecule has 0 saturated carbocycles. The van der Waals surface area contributed by atoms with Gasteiger partial charge in [0.25, 0.3) is 0 Å². The zero-order valence-corrected chi connectivity index (χ0v) is 9.55. The van der Waals surface area contributed by atoms with E-state index in [-0.39, 0.29) is 6.07 Å². The molecule has 0 aliphatic heterocycles. The molecule has 0 heterocycles. The molecule has 0 bridgehead atoms. The van der Waals surface area contributed by atoms with E-state index >= 15 is 0 Å². The molecule has 0 saturated heterocycles. The van der Waals surface area contributed by atoms with Crippen LogP contribution < -0.4 is 10.6 Å². The monoisotopic (exact) mass is 304 g/mol. The fourth-order valence-electron chi connectivity index (χ4n) is 1.18. The summed E-state index contributed by atoms with van der Waals surface area (Å²) in [6.45, 7) is -2.46. The van der Waals surface area contributed by atoms with E-state index in [1.165, 1.54) is 5.32 Å². The van der Waals surface area contributed by atoms with E-state index < -0.39 is 54.1 Å². The predicted octanol–water partition coefficient (Wildman–Crippen LogP) is 2.33. The van der Waals surface area contributed by atoms with Crippen molar-refractivity contribution in [1.29, 1.82) is 0 Å². The lowest BCUT2D eigenvalue weighted by molar-refractivity contribution is -0.127. The van der Waals surface area contributed by atoms with Gasteiger partial charge in [0.15, 0.2) is 23.3 Å². The Kier molecular flexibility index (Phi) is 4.93. The summed E-state index contributed by atoms with van der Waals surface area (Å²) in [5, 5.41) is 3.09. The Hall–Kier alpha value is -1.84. The van der Waals surface area contributed by atoms with E-state index in [9.17, 15) is 35.5 Å². The third-order valence-corrected chi connectivity index (χ3v) is 1.99. The van der Waals surface area contributed by atoms with Crippen LogP contribution in [0.25, 0.3) is 0 Å². The van der Waals surface area contributed by atoms with Gasteiger partial charge < -0.3 is 10.6 Å².